The van der Waals surface area contributed by atoms with E-state index in [1.54, 1.807) is 4.90 Å². The van der Waals surface area contributed by atoms with E-state index in [-0.39, 0.29) is 52.9 Å². The molecule has 10 nitrogen and oxygen atoms in total. The molecule has 0 radical (unpaired) electrons. The summed E-state index contributed by atoms with van der Waals surface area (Å²) < 4.78 is 4.93. The van der Waals surface area contributed by atoms with E-state index >= 15 is 0 Å². The Morgan fingerprint density at radius 3 is 2.38 bits per heavy atom. The zero-order valence-electron chi connectivity index (χ0n) is 23.1. The molecular weight excluding hydrogens is 492 g/mol. The lowest BCUT2D eigenvalue weighted by atomic mass is 9.97. The Labute approximate surface area is 220 Å². The first-order valence-electron chi connectivity index (χ1n) is 13.4. The Bertz CT molecular complexity index is 994. The molecular formula is C26H42N4O6Si. The Morgan fingerprint density at radius 2 is 1.86 bits per heavy atom. The molecule has 0 spiro atoms. The van der Waals surface area contributed by atoms with Gasteiger partial charge in [0.05, 0.1) is 7.11 Å². The zero-order valence-corrected chi connectivity index (χ0v) is 24.2. The van der Waals surface area contributed by atoms with Crippen LogP contribution in [-0.2, 0) is 23.9 Å². The summed E-state index contributed by atoms with van der Waals surface area (Å²) >= 11 is 0. The van der Waals surface area contributed by atoms with Gasteiger partial charge < -0.3 is 25.3 Å². The molecule has 0 aromatic heterocycles. The minimum absolute atomic E-state index is 0.0294. The number of nitrogens with one attached hydrogen (secondary N) is 3. The second-order valence-corrected chi connectivity index (χ2v) is 16.5. The number of piperidine rings is 1. The minimum Gasteiger partial charge on any atom is -0.467 e. The molecule has 2 saturated carbocycles. The number of rotatable bonds is 8. The van der Waals surface area contributed by atoms with E-state index in [4.69, 9.17) is 4.74 Å². The van der Waals surface area contributed by atoms with Crippen LogP contribution in [0.25, 0.3) is 0 Å². The summed E-state index contributed by atoms with van der Waals surface area (Å²) in [5.74, 6) is -1.13. The number of likely N-dealkylation sites (tertiary alicyclic amines) is 1. The van der Waals surface area contributed by atoms with Gasteiger partial charge in [-0.15, -0.1) is 0 Å². The Balaban J connectivity index is 1.54. The number of fused-ring (bicyclic) bond motifs is 1. The van der Waals surface area contributed by atoms with Crippen molar-refractivity contribution in [3.8, 4) is 0 Å². The third kappa shape index (κ3) is 5.28. The highest BCUT2D eigenvalue weighted by molar-refractivity contribution is 6.91. The molecule has 11 heteroatoms. The first-order chi connectivity index (χ1) is 17.2. The highest BCUT2D eigenvalue weighted by Gasteiger charge is 2.70. The monoisotopic (exact) mass is 534 g/mol. The van der Waals surface area contributed by atoms with Crippen molar-refractivity contribution in [2.24, 2.45) is 35.0 Å². The zero-order chi connectivity index (χ0) is 27.4. The van der Waals surface area contributed by atoms with Crippen molar-refractivity contribution >= 4 is 38.2 Å². The molecule has 2 aliphatic heterocycles. The smallest absolute Gasteiger partial charge is 0.328 e. The maximum absolute atomic E-state index is 14.0. The van der Waals surface area contributed by atoms with E-state index in [2.05, 4.69) is 29.5 Å². The van der Waals surface area contributed by atoms with Crippen LogP contribution in [0.3, 0.4) is 0 Å². The van der Waals surface area contributed by atoms with Crippen molar-refractivity contribution < 1.29 is 28.7 Å². The molecule has 2 heterocycles. The number of esters is 1. The number of ether oxygens (including phenoxy) is 1. The van der Waals surface area contributed by atoms with E-state index in [1.165, 1.54) is 7.11 Å². The Hall–Kier alpha value is -2.43. The molecule has 4 fully saturated rings. The van der Waals surface area contributed by atoms with Gasteiger partial charge in [0.1, 0.15) is 12.1 Å². The van der Waals surface area contributed by atoms with E-state index in [0.717, 1.165) is 6.42 Å². The van der Waals surface area contributed by atoms with Crippen molar-refractivity contribution in [1.29, 1.82) is 0 Å². The lowest BCUT2D eigenvalue weighted by molar-refractivity contribution is -0.146. The SMILES string of the molecule is COC(=O)[C@H](C[C@@H]1CCNC1=O)NC(=O)[C@@H]1[C@@H]2[C@H](CN1C(=O)[Si@@H](NC(=O)[C@@H]1C[C@H]1C)C(C)(C)C)C2(C)C. The Morgan fingerprint density at radius 1 is 1.22 bits per heavy atom. The third-order valence-electron chi connectivity index (χ3n) is 9.09. The van der Waals surface area contributed by atoms with Crippen LogP contribution in [0.2, 0.25) is 5.04 Å². The normalized spacial score (nSPS) is 33.1. The highest BCUT2D eigenvalue weighted by Crippen LogP contribution is 2.65. The summed E-state index contributed by atoms with van der Waals surface area (Å²) in [6.07, 6.45) is 1.58. The predicted molar refractivity (Wildman–Crippen MR) is 139 cm³/mol. The maximum atomic E-state index is 14.0. The summed E-state index contributed by atoms with van der Waals surface area (Å²) in [6.45, 7) is 13.1. The van der Waals surface area contributed by atoms with Gasteiger partial charge in [-0.25, -0.2) is 4.79 Å². The molecule has 4 rings (SSSR count). The van der Waals surface area contributed by atoms with Crippen LogP contribution in [0.1, 0.15) is 60.8 Å². The average molecular weight is 535 g/mol. The van der Waals surface area contributed by atoms with Gasteiger partial charge in [0.25, 0.3) is 0 Å². The van der Waals surface area contributed by atoms with Gasteiger partial charge in [-0.1, -0.05) is 41.5 Å². The molecule has 0 aromatic carbocycles. The standard InChI is InChI=1S/C26H42N4O6Si/c1-13-10-15(13)21(32)29-37(25(2,3)4)24(35)30-12-16-18(26(16,5)6)19(30)22(33)28-17(23(34)36-7)11-14-8-9-27-20(14)31/h13-19,37H,8-12H2,1-7H3,(H,27,31)(H,28,33)(H,29,32)/t13-,14+,15-,16+,17+,18+,19+,37-/m1/s1. The predicted octanol–water partition coefficient (Wildman–Crippen LogP) is 1.12. The molecule has 0 aromatic rings. The van der Waals surface area contributed by atoms with Crippen LogP contribution >= 0.6 is 0 Å². The van der Waals surface area contributed by atoms with E-state index < -0.39 is 38.0 Å². The van der Waals surface area contributed by atoms with Crippen molar-refractivity contribution in [3.63, 3.8) is 0 Å². The van der Waals surface area contributed by atoms with Crippen molar-refractivity contribution in [3.05, 3.63) is 0 Å². The lowest BCUT2D eigenvalue weighted by Gasteiger charge is -2.37. The topological polar surface area (TPSA) is 134 Å². The average Bonchev–Trinajstić information content (AvgIpc) is 3.47. The molecule has 4 amide bonds. The van der Waals surface area contributed by atoms with Crippen molar-refractivity contribution in [2.45, 2.75) is 77.9 Å². The second-order valence-electron chi connectivity index (χ2n) is 13.1. The van der Waals surface area contributed by atoms with Crippen LogP contribution in [0.5, 0.6) is 0 Å². The summed E-state index contributed by atoms with van der Waals surface area (Å²) in [4.78, 5) is 70.0. The third-order valence-corrected chi connectivity index (χ3v) is 12.2. The number of carbonyl (C=O) groups is 5. The maximum Gasteiger partial charge on any atom is 0.328 e. The number of nitrogens with zero attached hydrogens (tertiary/aromatic N) is 1. The fourth-order valence-electron chi connectivity index (χ4n) is 6.33. The molecule has 37 heavy (non-hydrogen) atoms. The van der Waals surface area contributed by atoms with Crippen LogP contribution in [-0.4, -0.2) is 75.4 Å². The number of methoxy groups -OCH3 is 1. The lowest BCUT2D eigenvalue weighted by Crippen LogP contribution is -2.61. The largest absolute Gasteiger partial charge is 0.467 e. The van der Waals surface area contributed by atoms with Gasteiger partial charge in [-0.3, -0.25) is 19.2 Å². The van der Waals surface area contributed by atoms with Crippen LogP contribution in [0.15, 0.2) is 0 Å². The van der Waals surface area contributed by atoms with E-state index in [0.29, 0.717) is 25.4 Å². The molecule has 0 unspecified atom stereocenters. The minimum atomic E-state index is -2.53. The molecule has 8 atom stereocenters. The van der Waals surface area contributed by atoms with Crippen molar-refractivity contribution in [1.82, 2.24) is 20.5 Å². The van der Waals surface area contributed by atoms with Gasteiger partial charge in [0, 0.05) is 24.9 Å². The van der Waals surface area contributed by atoms with E-state index in [1.807, 2.05) is 27.7 Å². The molecule has 4 aliphatic rings. The summed E-state index contributed by atoms with van der Waals surface area (Å²) in [6, 6.07) is -1.71. The first-order valence-corrected chi connectivity index (χ1v) is 15.2. The molecule has 3 N–H and O–H groups in total. The van der Waals surface area contributed by atoms with Crippen LogP contribution < -0.4 is 15.6 Å². The fourth-order valence-corrected chi connectivity index (χ4v) is 8.73. The van der Waals surface area contributed by atoms with Crippen LogP contribution in [0.4, 0.5) is 4.79 Å². The summed E-state index contributed by atoms with van der Waals surface area (Å²) in [7, 11) is -1.28. The van der Waals surface area contributed by atoms with Gasteiger partial charge in [-0.2, -0.15) is 0 Å². The van der Waals surface area contributed by atoms with Crippen LogP contribution in [0, 0.1) is 35.0 Å². The number of hydrogen-bond acceptors (Lipinski definition) is 6. The van der Waals surface area contributed by atoms with Gasteiger partial charge in [-0.05, 0) is 47.5 Å². The summed E-state index contributed by atoms with van der Waals surface area (Å²) in [5.41, 5.74) is -0.238. The van der Waals surface area contributed by atoms with Gasteiger partial charge in [0.2, 0.25) is 32.2 Å². The Kier molecular flexibility index (Phi) is 7.24. The number of amides is 4. The fraction of sp³-hybridized carbons (Fsp3) is 0.808. The molecule has 206 valence electrons. The number of carbonyl (C=O) groups excluding carboxylic acids is 5. The second kappa shape index (κ2) is 9.70. The quantitative estimate of drug-likeness (QED) is 0.316. The number of hydrogen-bond donors (Lipinski definition) is 3. The molecule has 2 saturated heterocycles. The summed E-state index contributed by atoms with van der Waals surface area (Å²) in [5, 5.41) is 5.17. The van der Waals surface area contributed by atoms with Crippen molar-refractivity contribution in [2.75, 3.05) is 20.2 Å². The van der Waals surface area contributed by atoms with Gasteiger partial charge >= 0.3 is 5.97 Å². The molecule has 2 aliphatic carbocycles. The first kappa shape index (κ1) is 27.6. The van der Waals surface area contributed by atoms with Gasteiger partial charge in [0.15, 0.2) is 0 Å². The van der Waals surface area contributed by atoms with E-state index in [9.17, 15) is 24.0 Å². The highest BCUT2D eigenvalue weighted by atomic mass is 28.3. The molecule has 0 bridgehead atoms.